The zero-order valence-corrected chi connectivity index (χ0v) is 11.5. The van der Waals surface area contributed by atoms with Gasteiger partial charge in [-0.2, -0.15) is 0 Å². The van der Waals surface area contributed by atoms with Gasteiger partial charge >= 0.3 is 0 Å². The van der Waals surface area contributed by atoms with Crippen LogP contribution in [0.4, 0.5) is 5.69 Å². The van der Waals surface area contributed by atoms with Crippen LogP contribution in [0.3, 0.4) is 0 Å². The molecule has 1 atom stereocenters. The first-order valence-corrected chi connectivity index (χ1v) is 7.29. The van der Waals surface area contributed by atoms with Gasteiger partial charge in [-0.1, -0.05) is 0 Å². The molecule has 1 unspecified atom stereocenters. The minimum absolute atomic E-state index is 0.0855. The molecule has 2 aliphatic heterocycles. The SMILES string of the molecule is O=C(CC1CCCO1)c1ccc(N2CCCC2=O)cc1. The highest BCUT2D eigenvalue weighted by molar-refractivity contribution is 5.98. The number of benzene rings is 1. The van der Waals surface area contributed by atoms with E-state index in [-0.39, 0.29) is 17.8 Å². The number of Topliss-reactive ketones (excluding diaryl/α,β-unsaturated/α-hetero) is 1. The molecular weight excluding hydrogens is 254 g/mol. The summed E-state index contributed by atoms with van der Waals surface area (Å²) in [6, 6.07) is 7.37. The number of nitrogens with zero attached hydrogens (tertiary/aromatic N) is 1. The van der Waals surface area contributed by atoms with E-state index < -0.39 is 0 Å². The molecule has 0 aliphatic carbocycles. The van der Waals surface area contributed by atoms with Crippen molar-refractivity contribution >= 4 is 17.4 Å². The van der Waals surface area contributed by atoms with Crippen LogP contribution < -0.4 is 4.90 Å². The zero-order valence-electron chi connectivity index (χ0n) is 11.5. The molecule has 0 spiro atoms. The number of ketones is 1. The Hall–Kier alpha value is -1.68. The van der Waals surface area contributed by atoms with Crippen molar-refractivity contribution in [2.24, 2.45) is 0 Å². The molecule has 20 heavy (non-hydrogen) atoms. The number of hydrogen-bond donors (Lipinski definition) is 0. The smallest absolute Gasteiger partial charge is 0.227 e. The fraction of sp³-hybridized carbons (Fsp3) is 0.500. The molecular formula is C16H19NO3. The highest BCUT2D eigenvalue weighted by atomic mass is 16.5. The zero-order chi connectivity index (χ0) is 13.9. The maximum absolute atomic E-state index is 12.1. The van der Waals surface area contributed by atoms with Crippen molar-refractivity contribution < 1.29 is 14.3 Å². The van der Waals surface area contributed by atoms with Crippen LogP contribution >= 0.6 is 0 Å². The molecule has 2 aliphatic rings. The van der Waals surface area contributed by atoms with Gasteiger partial charge in [0.15, 0.2) is 5.78 Å². The van der Waals surface area contributed by atoms with Crippen molar-refractivity contribution in [1.82, 2.24) is 0 Å². The van der Waals surface area contributed by atoms with Gasteiger partial charge in [0, 0.05) is 37.2 Å². The summed E-state index contributed by atoms with van der Waals surface area (Å²) in [5.41, 5.74) is 1.59. The Bertz CT molecular complexity index is 503. The number of carbonyl (C=O) groups excluding carboxylic acids is 2. The molecule has 1 aromatic rings. The Morgan fingerprint density at radius 3 is 2.65 bits per heavy atom. The van der Waals surface area contributed by atoms with Gasteiger partial charge in [-0.25, -0.2) is 0 Å². The molecule has 1 amide bonds. The molecule has 1 aromatic carbocycles. The quantitative estimate of drug-likeness (QED) is 0.792. The van der Waals surface area contributed by atoms with E-state index in [0.717, 1.165) is 38.1 Å². The standard InChI is InChI=1S/C16H19NO3/c18-15(11-14-3-2-10-20-14)12-5-7-13(8-6-12)17-9-1-4-16(17)19/h5-8,14H,1-4,9-11H2. The Morgan fingerprint density at radius 1 is 1.25 bits per heavy atom. The van der Waals surface area contributed by atoms with Gasteiger partial charge in [-0.05, 0) is 43.5 Å². The summed E-state index contributed by atoms with van der Waals surface area (Å²) >= 11 is 0. The van der Waals surface area contributed by atoms with E-state index in [1.165, 1.54) is 0 Å². The lowest BCUT2D eigenvalue weighted by atomic mass is 10.0. The van der Waals surface area contributed by atoms with Crippen LogP contribution in [0.2, 0.25) is 0 Å². The van der Waals surface area contributed by atoms with E-state index in [1.54, 1.807) is 4.90 Å². The lowest BCUT2D eigenvalue weighted by Crippen LogP contribution is -2.23. The van der Waals surface area contributed by atoms with Crippen LogP contribution in [0.25, 0.3) is 0 Å². The van der Waals surface area contributed by atoms with Gasteiger partial charge in [-0.3, -0.25) is 9.59 Å². The summed E-state index contributed by atoms with van der Waals surface area (Å²) in [6.07, 6.45) is 4.11. The lowest BCUT2D eigenvalue weighted by Gasteiger charge is -2.16. The molecule has 0 N–H and O–H groups in total. The first kappa shape index (κ1) is 13.3. The topological polar surface area (TPSA) is 46.6 Å². The summed E-state index contributed by atoms with van der Waals surface area (Å²) in [4.78, 5) is 25.6. The van der Waals surface area contributed by atoms with Crippen molar-refractivity contribution in [3.05, 3.63) is 29.8 Å². The first-order chi connectivity index (χ1) is 9.74. The third kappa shape index (κ3) is 2.75. The average Bonchev–Trinajstić information content (AvgIpc) is 3.10. The average molecular weight is 273 g/mol. The van der Waals surface area contributed by atoms with E-state index in [9.17, 15) is 9.59 Å². The van der Waals surface area contributed by atoms with Gasteiger partial charge in [0.05, 0.1) is 6.10 Å². The van der Waals surface area contributed by atoms with Crippen LogP contribution in [0, 0.1) is 0 Å². The van der Waals surface area contributed by atoms with E-state index in [4.69, 9.17) is 4.74 Å². The second-order valence-corrected chi connectivity index (χ2v) is 5.46. The third-order valence-electron chi connectivity index (χ3n) is 4.01. The highest BCUT2D eigenvalue weighted by Gasteiger charge is 2.23. The van der Waals surface area contributed by atoms with Crippen molar-refractivity contribution in [1.29, 1.82) is 0 Å². The monoisotopic (exact) mass is 273 g/mol. The normalized spacial score (nSPS) is 22.5. The van der Waals surface area contributed by atoms with Gasteiger partial charge in [-0.15, -0.1) is 0 Å². The summed E-state index contributed by atoms with van der Waals surface area (Å²) in [5.74, 6) is 0.291. The Labute approximate surface area is 118 Å². The maximum atomic E-state index is 12.1. The summed E-state index contributed by atoms with van der Waals surface area (Å²) in [5, 5.41) is 0. The van der Waals surface area contributed by atoms with Gasteiger partial charge in [0.1, 0.15) is 0 Å². The Balaban J connectivity index is 1.66. The predicted octanol–water partition coefficient (Wildman–Crippen LogP) is 2.57. The van der Waals surface area contributed by atoms with Crippen LogP contribution in [0.5, 0.6) is 0 Å². The fourth-order valence-electron chi connectivity index (χ4n) is 2.88. The number of rotatable bonds is 4. The van der Waals surface area contributed by atoms with Crippen LogP contribution in [-0.4, -0.2) is 30.9 Å². The minimum Gasteiger partial charge on any atom is -0.378 e. The molecule has 0 bridgehead atoms. The van der Waals surface area contributed by atoms with Crippen molar-refractivity contribution in [2.45, 2.75) is 38.2 Å². The molecule has 2 fully saturated rings. The summed E-state index contributed by atoms with van der Waals surface area (Å²) < 4.78 is 5.49. The largest absolute Gasteiger partial charge is 0.378 e. The summed E-state index contributed by atoms with van der Waals surface area (Å²) in [6.45, 7) is 1.55. The van der Waals surface area contributed by atoms with Gasteiger partial charge in [0.25, 0.3) is 0 Å². The molecule has 106 valence electrons. The molecule has 0 aromatic heterocycles. The van der Waals surface area contributed by atoms with Gasteiger partial charge < -0.3 is 9.64 Å². The molecule has 3 rings (SSSR count). The number of ether oxygens (including phenoxy) is 1. The van der Waals surface area contributed by atoms with E-state index in [2.05, 4.69) is 0 Å². The molecule has 2 saturated heterocycles. The fourth-order valence-corrected chi connectivity index (χ4v) is 2.88. The lowest BCUT2D eigenvalue weighted by molar-refractivity contribution is -0.117. The molecule has 4 heteroatoms. The minimum atomic E-state index is 0.0855. The number of hydrogen-bond acceptors (Lipinski definition) is 3. The molecule has 4 nitrogen and oxygen atoms in total. The molecule has 0 radical (unpaired) electrons. The number of amides is 1. The molecule has 2 heterocycles. The number of anilines is 1. The second kappa shape index (κ2) is 5.75. The maximum Gasteiger partial charge on any atom is 0.227 e. The Kier molecular flexibility index (Phi) is 3.83. The van der Waals surface area contributed by atoms with Crippen LogP contribution in [0.15, 0.2) is 24.3 Å². The third-order valence-corrected chi connectivity index (χ3v) is 4.01. The highest BCUT2D eigenvalue weighted by Crippen LogP contribution is 2.23. The van der Waals surface area contributed by atoms with Gasteiger partial charge in [0.2, 0.25) is 5.91 Å². The summed E-state index contributed by atoms with van der Waals surface area (Å²) in [7, 11) is 0. The van der Waals surface area contributed by atoms with E-state index >= 15 is 0 Å². The van der Waals surface area contributed by atoms with Crippen molar-refractivity contribution in [2.75, 3.05) is 18.1 Å². The van der Waals surface area contributed by atoms with E-state index in [0.29, 0.717) is 18.4 Å². The molecule has 0 saturated carbocycles. The number of carbonyl (C=O) groups is 2. The van der Waals surface area contributed by atoms with Crippen molar-refractivity contribution in [3.8, 4) is 0 Å². The predicted molar refractivity (Wildman–Crippen MR) is 76.0 cm³/mol. The second-order valence-electron chi connectivity index (χ2n) is 5.46. The first-order valence-electron chi connectivity index (χ1n) is 7.29. The van der Waals surface area contributed by atoms with Crippen LogP contribution in [0.1, 0.15) is 42.5 Å². The van der Waals surface area contributed by atoms with Crippen LogP contribution in [-0.2, 0) is 9.53 Å². The van der Waals surface area contributed by atoms with Crippen molar-refractivity contribution in [3.63, 3.8) is 0 Å². The Morgan fingerprint density at radius 2 is 2.05 bits per heavy atom. The van der Waals surface area contributed by atoms with E-state index in [1.807, 2.05) is 24.3 Å².